The molecule has 0 aliphatic heterocycles. The number of carbonyl (C=O) groups excluding carboxylic acids is 1. The maximum atomic E-state index is 12.3. The molecule has 24 heavy (non-hydrogen) atoms. The number of nitrogens with one attached hydrogen (secondary N) is 1. The molecule has 0 bridgehead atoms. The highest BCUT2D eigenvalue weighted by Crippen LogP contribution is 2.23. The molecule has 2 aromatic rings. The van der Waals surface area contributed by atoms with Crippen molar-refractivity contribution in [3.05, 3.63) is 70.8 Å². The Bertz CT molecular complexity index is 694. The van der Waals surface area contributed by atoms with Gasteiger partial charge >= 0.3 is 0 Å². The zero-order valence-corrected chi connectivity index (χ0v) is 14.6. The van der Waals surface area contributed by atoms with Crippen LogP contribution in [-0.4, -0.2) is 31.4 Å². The fourth-order valence-electron chi connectivity index (χ4n) is 3.47. The zero-order chi connectivity index (χ0) is 16.9. The molecule has 0 unspecified atom stereocenters. The molecule has 1 N–H and O–H groups in total. The number of hydrogen-bond donors (Lipinski definition) is 1. The lowest BCUT2D eigenvalue weighted by atomic mass is 10.0. The normalized spacial score (nSPS) is 14.5. The summed E-state index contributed by atoms with van der Waals surface area (Å²) in [4.78, 5) is 14.5. The molecule has 1 atom stereocenters. The molecule has 1 amide bonds. The molecule has 2 aromatic carbocycles. The number of carbonyl (C=O) groups is 1. The number of benzene rings is 2. The molecule has 0 radical (unpaired) electrons. The number of rotatable bonds is 6. The van der Waals surface area contributed by atoms with Gasteiger partial charge in [-0.25, -0.2) is 0 Å². The highest BCUT2D eigenvalue weighted by molar-refractivity contribution is 5.78. The van der Waals surface area contributed by atoms with E-state index in [1.54, 1.807) is 0 Å². The lowest BCUT2D eigenvalue weighted by molar-refractivity contribution is -0.120. The number of amides is 1. The third-order valence-electron chi connectivity index (χ3n) is 4.83. The van der Waals surface area contributed by atoms with Crippen molar-refractivity contribution in [3.63, 3.8) is 0 Å². The minimum Gasteiger partial charge on any atom is -0.354 e. The average molecular weight is 322 g/mol. The standard InChI is InChI=1S/C21H26N2O/c1-23(2)20(18-7-4-3-5-8-18)15-22-21(24)14-16-11-12-17-9-6-10-19(17)13-16/h3-5,7-8,11-13,20H,6,9-10,14-15H2,1-2H3,(H,22,24)/t20-/m0/s1. The fraction of sp³-hybridized carbons (Fsp3) is 0.381. The molecular formula is C21H26N2O. The summed E-state index contributed by atoms with van der Waals surface area (Å²) < 4.78 is 0. The smallest absolute Gasteiger partial charge is 0.224 e. The van der Waals surface area contributed by atoms with E-state index in [2.05, 4.69) is 40.5 Å². The van der Waals surface area contributed by atoms with E-state index < -0.39 is 0 Å². The number of fused-ring (bicyclic) bond motifs is 1. The Morgan fingerprint density at radius 1 is 1.08 bits per heavy atom. The van der Waals surface area contributed by atoms with E-state index in [1.807, 2.05) is 32.3 Å². The molecule has 1 aliphatic rings. The van der Waals surface area contributed by atoms with E-state index in [0.29, 0.717) is 13.0 Å². The number of aryl methyl sites for hydroxylation is 2. The van der Waals surface area contributed by atoms with Crippen LogP contribution in [0.5, 0.6) is 0 Å². The maximum absolute atomic E-state index is 12.3. The molecular weight excluding hydrogens is 296 g/mol. The SMILES string of the molecule is CN(C)[C@@H](CNC(=O)Cc1ccc2c(c1)CCC2)c1ccccc1. The molecule has 126 valence electrons. The Morgan fingerprint density at radius 3 is 2.58 bits per heavy atom. The predicted molar refractivity (Wildman–Crippen MR) is 98.1 cm³/mol. The predicted octanol–water partition coefficient (Wildman–Crippen LogP) is 3.14. The van der Waals surface area contributed by atoms with E-state index in [4.69, 9.17) is 0 Å². The van der Waals surface area contributed by atoms with Gasteiger partial charge in [0.2, 0.25) is 5.91 Å². The van der Waals surface area contributed by atoms with E-state index in [9.17, 15) is 4.79 Å². The maximum Gasteiger partial charge on any atom is 0.224 e. The van der Waals surface area contributed by atoms with Gasteiger partial charge in [-0.3, -0.25) is 4.79 Å². The number of nitrogens with zero attached hydrogens (tertiary/aromatic N) is 1. The first-order valence-corrected chi connectivity index (χ1v) is 8.72. The van der Waals surface area contributed by atoms with E-state index in [0.717, 1.165) is 12.0 Å². The van der Waals surface area contributed by atoms with E-state index in [-0.39, 0.29) is 11.9 Å². The van der Waals surface area contributed by atoms with E-state index in [1.165, 1.54) is 29.5 Å². The lowest BCUT2D eigenvalue weighted by Gasteiger charge is -2.25. The Labute approximate surface area is 144 Å². The van der Waals surface area contributed by atoms with Crippen molar-refractivity contribution >= 4 is 5.91 Å². The third kappa shape index (κ3) is 4.04. The van der Waals surface area contributed by atoms with Crippen LogP contribution in [-0.2, 0) is 24.1 Å². The number of likely N-dealkylation sites (N-methyl/N-ethyl adjacent to an activating group) is 1. The van der Waals surface area contributed by atoms with Gasteiger partial charge in [-0.2, -0.15) is 0 Å². The van der Waals surface area contributed by atoms with Crippen molar-refractivity contribution in [2.45, 2.75) is 31.7 Å². The van der Waals surface area contributed by atoms with Crippen LogP contribution < -0.4 is 5.32 Å². The minimum atomic E-state index is 0.0933. The molecule has 0 saturated carbocycles. The van der Waals surface area contributed by atoms with Crippen LogP contribution in [0.1, 0.15) is 34.7 Å². The van der Waals surface area contributed by atoms with Crippen molar-refractivity contribution in [1.29, 1.82) is 0 Å². The summed E-state index contributed by atoms with van der Waals surface area (Å²) in [5, 5.41) is 3.10. The van der Waals surface area contributed by atoms with Gasteiger partial charge in [0.25, 0.3) is 0 Å². The van der Waals surface area contributed by atoms with Gasteiger partial charge in [0.15, 0.2) is 0 Å². The Morgan fingerprint density at radius 2 is 1.83 bits per heavy atom. The fourth-order valence-corrected chi connectivity index (χ4v) is 3.47. The summed E-state index contributed by atoms with van der Waals surface area (Å²) in [7, 11) is 4.09. The lowest BCUT2D eigenvalue weighted by Crippen LogP contribution is -2.35. The summed E-state index contributed by atoms with van der Waals surface area (Å²) in [5.74, 6) is 0.0933. The van der Waals surface area contributed by atoms with Gasteiger partial charge in [-0.05, 0) is 55.6 Å². The van der Waals surface area contributed by atoms with Crippen LogP contribution in [0.4, 0.5) is 0 Å². The van der Waals surface area contributed by atoms with Crippen molar-refractivity contribution in [2.75, 3.05) is 20.6 Å². The second-order valence-electron chi connectivity index (χ2n) is 6.83. The van der Waals surface area contributed by atoms with Crippen LogP contribution in [0.3, 0.4) is 0 Å². The van der Waals surface area contributed by atoms with Crippen molar-refractivity contribution < 1.29 is 4.79 Å². The van der Waals surface area contributed by atoms with Crippen LogP contribution >= 0.6 is 0 Å². The average Bonchev–Trinajstić information content (AvgIpc) is 3.03. The van der Waals surface area contributed by atoms with Gasteiger partial charge in [0.1, 0.15) is 0 Å². The molecule has 3 rings (SSSR count). The van der Waals surface area contributed by atoms with E-state index >= 15 is 0 Å². The first-order valence-electron chi connectivity index (χ1n) is 8.72. The molecule has 3 nitrogen and oxygen atoms in total. The molecule has 0 saturated heterocycles. The van der Waals surface area contributed by atoms with Crippen LogP contribution in [0.2, 0.25) is 0 Å². The van der Waals surface area contributed by atoms with Gasteiger partial charge in [-0.1, -0.05) is 48.5 Å². The van der Waals surface area contributed by atoms with Crippen molar-refractivity contribution in [1.82, 2.24) is 10.2 Å². The first kappa shape index (κ1) is 16.7. The van der Waals surface area contributed by atoms with Gasteiger partial charge in [0.05, 0.1) is 12.5 Å². The molecule has 0 heterocycles. The summed E-state index contributed by atoms with van der Waals surface area (Å²) in [6.07, 6.45) is 4.04. The van der Waals surface area contributed by atoms with Gasteiger partial charge in [0, 0.05) is 6.54 Å². The summed E-state index contributed by atoms with van der Waals surface area (Å²) >= 11 is 0. The molecule has 0 aromatic heterocycles. The molecule has 0 fully saturated rings. The first-order chi connectivity index (χ1) is 11.6. The molecule has 0 spiro atoms. The largest absolute Gasteiger partial charge is 0.354 e. The van der Waals surface area contributed by atoms with Crippen molar-refractivity contribution in [2.24, 2.45) is 0 Å². The van der Waals surface area contributed by atoms with Crippen LogP contribution in [0.25, 0.3) is 0 Å². The quantitative estimate of drug-likeness (QED) is 0.886. The second kappa shape index (κ2) is 7.63. The van der Waals surface area contributed by atoms with Crippen LogP contribution in [0.15, 0.2) is 48.5 Å². The molecule has 1 aliphatic carbocycles. The Balaban J connectivity index is 1.58. The Hall–Kier alpha value is -2.13. The monoisotopic (exact) mass is 322 g/mol. The highest BCUT2D eigenvalue weighted by Gasteiger charge is 2.16. The Kier molecular flexibility index (Phi) is 5.31. The second-order valence-corrected chi connectivity index (χ2v) is 6.83. The third-order valence-corrected chi connectivity index (χ3v) is 4.83. The summed E-state index contributed by atoms with van der Waals surface area (Å²) in [6, 6.07) is 17.0. The molecule has 3 heteroatoms. The van der Waals surface area contributed by atoms with Crippen LogP contribution in [0, 0.1) is 0 Å². The van der Waals surface area contributed by atoms with Gasteiger partial charge in [-0.15, -0.1) is 0 Å². The van der Waals surface area contributed by atoms with Crippen molar-refractivity contribution in [3.8, 4) is 0 Å². The number of hydrogen-bond acceptors (Lipinski definition) is 2. The highest BCUT2D eigenvalue weighted by atomic mass is 16.1. The summed E-state index contributed by atoms with van der Waals surface area (Å²) in [6.45, 7) is 0.626. The van der Waals surface area contributed by atoms with Gasteiger partial charge < -0.3 is 10.2 Å². The topological polar surface area (TPSA) is 32.3 Å². The summed E-state index contributed by atoms with van der Waals surface area (Å²) in [5.41, 5.74) is 5.22. The zero-order valence-electron chi connectivity index (χ0n) is 14.6. The minimum absolute atomic E-state index is 0.0933.